The van der Waals surface area contributed by atoms with Crippen molar-refractivity contribution >= 4 is 17.7 Å². The van der Waals surface area contributed by atoms with E-state index in [4.69, 9.17) is 4.74 Å². The minimum atomic E-state index is -0.674. The minimum Gasteiger partial charge on any atom is -0.452 e. The standard InChI is InChI=1S/C23H25NO4/c1-16-9-5-8-14-20(16)24-21(25)15-28-23(27)19-13-7-6-12-18(19)22(26)17-10-3-2-4-11-17/h2-4,6-7,10-13,16,20H,5,8-9,14-15H2,1H3,(H,24,25)/t16-,20+/m1/s1. The molecule has 0 aliphatic heterocycles. The second-order valence-electron chi connectivity index (χ2n) is 7.25. The van der Waals surface area contributed by atoms with Crippen LogP contribution in [0.15, 0.2) is 54.6 Å². The molecule has 1 saturated carbocycles. The Morgan fingerprint density at radius 2 is 1.57 bits per heavy atom. The lowest BCUT2D eigenvalue weighted by Crippen LogP contribution is -2.42. The molecule has 1 aliphatic carbocycles. The summed E-state index contributed by atoms with van der Waals surface area (Å²) < 4.78 is 5.19. The van der Waals surface area contributed by atoms with Crippen LogP contribution in [0, 0.1) is 5.92 Å². The molecule has 0 heterocycles. The molecule has 0 aromatic heterocycles. The van der Waals surface area contributed by atoms with Crippen LogP contribution in [0.3, 0.4) is 0 Å². The van der Waals surface area contributed by atoms with E-state index in [9.17, 15) is 14.4 Å². The molecule has 146 valence electrons. The summed E-state index contributed by atoms with van der Waals surface area (Å²) in [5, 5.41) is 2.96. The van der Waals surface area contributed by atoms with Crippen LogP contribution in [-0.2, 0) is 9.53 Å². The van der Waals surface area contributed by atoms with Gasteiger partial charge in [-0.3, -0.25) is 9.59 Å². The molecule has 2 atom stereocenters. The Kier molecular flexibility index (Phi) is 6.58. The lowest BCUT2D eigenvalue weighted by atomic mass is 9.86. The fourth-order valence-corrected chi connectivity index (χ4v) is 3.59. The van der Waals surface area contributed by atoms with Crippen molar-refractivity contribution in [3.05, 3.63) is 71.3 Å². The van der Waals surface area contributed by atoms with Gasteiger partial charge in [-0.2, -0.15) is 0 Å². The van der Waals surface area contributed by atoms with Gasteiger partial charge in [0.15, 0.2) is 12.4 Å². The molecule has 0 saturated heterocycles. The number of amides is 1. The van der Waals surface area contributed by atoms with E-state index < -0.39 is 5.97 Å². The van der Waals surface area contributed by atoms with Crippen molar-refractivity contribution in [3.63, 3.8) is 0 Å². The molecule has 1 N–H and O–H groups in total. The number of carbonyl (C=O) groups excluding carboxylic acids is 3. The zero-order valence-corrected chi connectivity index (χ0v) is 16.0. The first-order valence-electron chi connectivity index (χ1n) is 9.71. The number of ether oxygens (including phenoxy) is 1. The van der Waals surface area contributed by atoms with Crippen molar-refractivity contribution in [2.45, 2.75) is 38.6 Å². The number of ketones is 1. The predicted octanol–water partition coefficient (Wildman–Crippen LogP) is 3.77. The predicted molar refractivity (Wildman–Crippen MR) is 106 cm³/mol. The fraction of sp³-hybridized carbons (Fsp3) is 0.348. The van der Waals surface area contributed by atoms with Crippen LogP contribution in [0.5, 0.6) is 0 Å². The first-order chi connectivity index (χ1) is 13.6. The smallest absolute Gasteiger partial charge is 0.339 e. The van der Waals surface area contributed by atoms with Crippen molar-refractivity contribution in [3.8, 4) is 0 Å². The first-order valence-corrected chi connectivity index (χ1v) is 9.71. The molecule has 5 nitrogen and oxygen atoms in total. The zero-order valence-electron chi connectivity index (χ0n) is 16.0. The molecule has 2 aromatic carbocycles. The maximum absolute atomic E-state index is 12.7. The lowest BCUT2D eigenvalue weighted by molar-refractivity contribution is -0.125. The van der Waals surface area contributed by atoms with Crippen LogP contribution in [-0.4, -0.2) is 30.3 Å². The largest absolute Gasteiger partial charge is 0.452 e. The minimum absolute atomic E-state index is 0.131. The van der Waals surface area contributed by atoms with Gasteiger partial charge in [0, 0.05) is 17.2 Å². The maximum Gasteiger partial charge on any atom is 0.339 e. The van der Waals surface area contributed by atoms with E-state index in [0.717, 1.165) is 19.3 Å². The van der Waals surface area contributed by atoms with Gasteiger partial charge < -0.3 is 10.1 Å². The molecule has 0 bridgehead atoms. The van der Waals surface area contributed by atoms with Crippen LogP contribution in [0.2, 0.25) is 0 Å². The second-order valence-corrected chi connectivity index (χ2v) is 7.25. The average molecular weight is 379 g/mol. The average Bonchev–Trinajstić information content (AvgIpc) is 2.74. The van der Waals surface area contributed by atoms with Crippen molar-refractivity contribution < 1.29 is 19.1 Å². The molecule has 0 radical (unpaired) electrons. The van der Waals surface area contributed by atoms with Gasteiger partial charge in [0.1, 0.15) is 0 Å². The summed E-state index contributed by atoms with van der Waals surface area (Å²) >= 11 is 0. The summed E-state index contributed by atoms with van der Waals surface area (Å²) in [5.74, 6) is -0.808. The Balaban J connectivity index is 1.63. The topological polar surface area (TPSA) is 72.5 Å². The third kappa shape index (κ3) is 4.85. The quantitative estimate of drug-likeness (QED) is 0.613. The number of hydrogen-bond donors (Lipinski definition) is 1. The normalized spacial score (nSPS) is 18.9. The Morgan fingerprint density at radius 3 is 2.29 bits per heavy atom. The van der Waals surface area contributed by atoms with Crippen LogP contribution >= 0.6 is 0 Å². The Labute approximate surface area is 165 Å². The molecule has 28 heavy (non-hydrogen) atoms. The summed E-state index contributed by atoms with van der Waals surface area (Å²) in [7, 11) is 0. The van der Waals surface area contributed by atoms with Crippen molar-refractivity contribution in [2.75, 3.05) is 6.61 Å². The summed E-state index contributed by atoms with van der Waals surface area (Å²) in [5.41, 5.74) is 0.918. The SMILES string of the molecule is C[C@@H]1CCCC[C@@H]1NC(=O)COC(=O)c1ccccc1C(=O)c1ccccc1. The monoisotopic (exact) mass is 379 g/mol. The fourth-order valence-electron chi connectivity index (χ4n) is 3.59. The van der Waals surface area contributed by atoms with Gasteiger partial charge in [0.25, 0.3) is 5.91 Å². The number of rotatable bonds is 6. The Morgan fingerprint density at radius 1 is 0.929 bits per heavy atom. The summed E-state index contributed by atoms with van der Waals surface area (Å²) in [6.07, 6.45) is 4.34. The van der Waals surface area contributed by atoms with Crippen LogP contribution in [0.25, 0.3) is 0 Å². The van der Waals surface area contributed by atoms with Gasteiger partial charge >= 0.3 is 5.97 Å². The van der Waals surface area contributed by atoms with Crippen LogP contribution < -0.4 is 5.32 Å². The zero-order chi connectivity index (χ0) is 19.9. The summed E-state index contributed by atoms with van der Waals surface area (Å²) in [4.78, 5) is 37.4. The van der Waals surface area contributed by atoms with Gasteiger partial charge in [-0.25, -0.2) is 4.79 Å². The molecular weight excluding hydrogens is 354 g/mol. The van der Waals surface area contributed by atoms with E-state index in [1.165, 1.54) is 6.42 Å². The molecule has 1 amide bonds. The van der Waals surface area contributed by atoms with E-state index in [1.54, 1.807) is 48.5 Å². The number of carbonyl (C=O) groups is 3. The van der Waals surface area contributed by atoms with E-state index >= 15 is 0 Å². The summed E-state index contributed by atoms with van der Waals surface area (Å²) in [6.45, 7) is 1.78. The van der Waals surface area contributed by atoms with E-state index in [2.05, 4.69) is 12.2 Å². The first kappa shape index (κ1) is 19.8. The van der Waals surface area contributed by atoms with Gasteiger partial charge in [0.2, 0.25) is 0 Å². The van der Waals surface area contributed by atoms with E-state index in [0.29, 0.717) is 11.5 Å². The summed E-state index contributed by atoms with van der Waals surface area (Å²) in [6, 6.07) is 15.4. The van der Waals surface area contributed by atoms with Gasteiger partial charge in [0.05, 0.1) is 5.56 Å². The number of hydrogen-bond acceptors (Lipinski definition) is 4. The van der Waals surface area contributed by atoms with Crippen LogP contribution in [0.1, 0.15) is 58.9 Å². The maximum atomic E-state index is 12.7. The third-order valence-electron chi connectivity index (χ3n) is 5.22. The lowest BCUT2D eigenvalue weighted by Gasteiger charge is -2.29. The molecule has 0 unspecified atom stereocenters. The Bertz CT molecular complexity index is 847. The highest BCUT2D eigenvalue weighted by molar-refractivity contribution is 6.14. The highest BCUT2D eigenvalue weighted by Gasteiger charge is 2.24. The molecule has 0 spiro atoms. The number of esters is 1. The number of benzene rings is 2. The van der Waals surface area contributed by atoms with Crippen molar-refractivity contribution in [1.82, 2.24) is 5.32 Å². The van der Waals surface area contributed by atoms with Crippen molar-refractivity contribution in [1.29, 1.82) is 0 Å². The number of nitrogens with one attached hydrogen (secondary N) is 1. The Hall–Kier alpha value is -2.95. The van der Waals surface area contributed by atoms with Gasteiger partial charge in [-0.1, -0.05) is 68.3 Å². The van der Waals surface area contributed by atoms with Gasteiger partial charge in [-0.05, 0) is 24.8 Å². The highest BCUT2D eigenvalue weighted by atomic mass is 16.5. The molecule has 1 fully saturated rings. The van der Waals surface area contributed by atoms with E-state index in [-0.39, 0.29) is 35.5 Å². The third-order valence-corrected chi connectivity index (χ3v) is 5.22. The van der Waals surface area contributed by atoms with Gasteiger partial charge in [-0.15, -0.1) is 0 Å². The highest BCUT2D eigenvalue weighted by Crippen LogP contribution is 2.23. The van der Waals surface area contributed by atoms with E-state index in [1.807, 2.05) is 6.07 Å². The molecule has 2 aromatic rings. The molecule has 5 heteroatoms. The van der Waals surface area contributed by atoms with Crippen LogP contribution in [0.4, 0.5) is 0 Å². The van der Waals surface area contributed by atoms with Crippen molar-refractivity contribution in [2.24, 2.45) is 5.92 Å². The molecule has 1 aliphatic rings. The second kappa shape index (κ2) is 9.31. The molecule has 3 rings (SSSR count). The molecular formula is C23H25NO4.